The Morgan fingerprint density at radius 3 is 1.09 bits per heavy atom. The molecule has 0 saturated heterocycles. The van der Waals surface area contributed by atoms with Crippen LogP contribution in [0.2, 0.25) is 0 Å². The summed E-state index contributed by atoms with van der Waals surface area (Å²) in [6, 6.07) is 0. The molecule has 2 aliphatic rings. The van der Waals surface area contributed by atoms with Crippen LogP contribution in [0.15, 0.2) is 34.4 Å². The molecule has 0 bridgehead atoms. The fraction of sp³-hybridized carbons (Fsp3) is 0.526. The molecule has 0 aromatic carbocycles. The van der Waals surface area contributed by atoms with Gasteiger partial charge >= 0.3 is 37.6 Å². The molecule has 0 amide bonds. The van der Waals surface area contributed by atoms with Gasteiger partial charge in [-0.3, -0.25) is 12.2 Å². The zero-order chi connectivity index (χ0) is 15.9. The molecule has 0 heterocycles. The van der Waals surface area contributed by atoms with Crippen molar-refractivity contribution in [1.29, 1.82) is 0 Å². The number of halogens is 2. The maximum absolute atomic E-state index is 3.29. The Bertz CT molecular complexity index is 390. The van der Waals surface area contributed by atoms with Gasteiger partial charge in [0.15, 0.2) is 0 Å². The van der Waals surface area contributed by atoms with Crippen LogP contribution in [0.4, 0.5) is 0 Å². The average molecular weight is 377 g/mol. The van der Waals surface area contributed by atoms with Crippen molar-refractivity contribution < 1.29 is 20.0 Å². The van der Waals surface area contributed by atoms with E-state index in [-0.39, 0.29) is 24.8 Å². The molecule has 2 rings (SSSR count). The van der Waals surface area contributed by atoms with Crippen molar-refractivity contribution in [3.8, 4) is 0 Å². The molecular weight excluding hydrogens is 347 g/mol. The third-order valence-corrected chi connectivity index (χ3v) is 3.07. The minimum absolute atomic E-state index is 0. The molecule has 0 nitrogen and oxygen atoms in total. The second-order valence-electron chi connectivity index (χ2n) is 5.82. The first-order valence-corrected chi connectivity index (χ1v) is 8.01. The van der Waals surface area contributed by atoms with Crippen molar-refractivity contribution in [2.75, 3.05) is 0 Å². The van der Waals surface area contributed by atoms with Gasteiger partial charge in [0.25, 0.3) is 0 Å². The van der Waals surface area contributed by atoms with Gasteiger partial charge < -0.3 is 0 Å². The summed E-state index contributed by atoms with van der Waals surface area (Å²) in [7, 11) is 0. The summed E-state index contributed by atoms with van der Waals surface area (Å²) in [5.41, 5.74) is 5.41. The van der Waals surface area contributed by atoms with Crippen LogP contribution in [-0.4, -0.2) is 3.81 Å². The van der Waals surface area contributed by atoms with E-state index in [0.29, 0.717) is 11.8 Å². The SMILES string of the molecule is CC1=[C-]C(C)C=C1C.CC1=[C-]C(C)C=C1C.C[C](C)=[Ti+2].Cl.Cl. The fourth-order valence-electron chi connectivity index (χ4n) is 1.99. The van der Waals surface area contributed by atoms with E-state index in [1.165, 1.54) is 26.1 Å². The van der Waals surface area contributed by atoms with Crippen LogP contribution in [0.5, 0.6) is 0 Å². The van der Waals surface area contributed by atoms with E-state index in [9.17, 15) is 0 Å². The molecule has 0 N–H and O–H groups in total. The largest absolute Gasteiger partial charge is 0.147 e. The van der Waals surface area contributed by atoms with Gasteiger partial charge in [0.2, 0.25) is 0 Å². The minimum atomic E-state index is 0. The summed E-state index contributed by atoms with van der Waals surface area (Å²) in [5.74, 6) is 1.10. The number of rotatable bonds is 0. The smallest absolute Gasteiger partial charge is 0.147 e. The first kappa shape index (κ1) is 27.0. The molecule has 124 valence electrons. The van der Waals surface area contributed by atoms with Crippen molar-refractivity contribution in [2.24, 2.45) is 11.8 Å². The predicted molar refractivity (Wildman–Crippen MR) is 102 cm³/mol. The Hall–Kier alpha value is 0.124. The van der Waals surface area contributed by atoms with Gasteiger partial charge in [0.1, 0.15) is 0 Å². The molecule has 0 aliphatic heterocycles. The second-order valence-corrected chi connectivity index (χ2v) is 7.38. The van der Waals surface area contributed by atoms with Crippen molar-refractivity contribution in [2.45, 2.75) is 55.4 Å². The molecule has 2 unspecified atom stereocenters. The first-order chi connectivity index (χ1) is 9.13. The molecule has 0 radical (unpaired) electrons. The van der Waals surface area contributed by atoms with Gasteiger partial charge in [0.05, 0.1) is 0 Å². The second kappa shape index (κ2) is 13.6. The molecule has 2 aliphatic carbocycles. The maximum atomic E-state index is 3.29. The molecule has 0 aromatic rings. The minimum Gasteiger partial charge on any atom is -0.147 e. The topological polar surface area (TPSA) is 0 Å². The van der Waals surface area contributed by atoms with Crippen molar-refractivity contribution >= 4 is 28.6 Å². The van der Waals surface area contributed by atoms with Gasteiger partial charge in [-0.1, -0.05) is 39.5 Å². The molecule has 3 heteroatoms. The van der Waals surface area contributed by atoms with Crippen molar-refractivity contribution in [3.05, 3.63) is 46.6 Å². The van der Waals surface area contributed by atoms with Crippen LogP contribution in [-0.2, 0) is 20.0 Å². The summed E-state index contributed by atoms with van der Waals surface area (Å²) in [6.07, 6.45) is 11.0. The third-order valence-electron chi connectivity index (χ3n) is 3.07. The Labute approximate surface area is 162 Å². The van der Waals surface area contributed by atoms with Crippen LogP contribution in [0, 0.1) is 24.0 Å². The third kappa shape index (κ3) is 12.6. The van der Waals surface area contributed by atoms with Gasteiger partial charge in [-0.05, 0) is 0 Å². The normalized spacial score (nSPS) is 21.4. The predicted octanol–water partition coefficient (Wildman–Crippen LogP) is 6.25. The van der Waals surface area contributed by atoms with E-state index in [0.717, 1.165) is 0 Å². The van der Waals surface area contributed by atoms with Crippen LogP contribution >= 0.6 is 24.8 Å². The fourth-order valence-corrected chi connectivity index (χ4v) is 1.99. The molecule has 0 fully saturated rings. The first-order valence-electron chi connectivity index (χ1n) is 7.23. The molecule has 22 heavy (non-hydrogen) atoms. The van der Waals surface area contributed by atoms with Crippen LogP contribution < -0.4 is 0 Å². The van der Waals surface area contributed by atoms with Gasteiger partial charge in [-0.25, -0.2) is 22.3 Å². The average Bonchev–Trinajstić information content (AvgIpc) is 2.70. The summed E-state index contributed by atoms with van der Waals surface area (Å²) in [4.78, 5) is 0. The summed E-state index contributed by atoms with van der Waals surface area (Å²) in [6.45, 7) is 16.9. The monoisotopic (exact) mass is 376 g/mol. The van der Waals surface area contributed by atoms with E-state index in [2.05, 4.69) is 99.7 Å². The Morgan fingerprint density at radius 1 is 0.818 bits per heavy atom. The standard InChI is InChI=1S/2C8H11.C3H6.2ClH.Ti/c2*1-6-4-7(2)8(3)5-6;1-3-2;;;/h2*4,6H,1-3H3;1-2H3;2*1H;/q2*-1;;;;+2. The number of hydrogen-bond acceptors (Lipinski definition) is 0. The Balaban J connectivity index is -0.000000249. The summed E-state index contributed by atoms with van der Waals surface area (Å²) < 4.78 is 1.42. The van der Waals surface area contributed by atoms with Gasteiger partial charge in [-0.15, -0.1) is 38.7 Å². The van der Waals surface area contributed by atoms with Crippen molar-refractivity contribution in [3.63, 3.8) is 0 Å². The molecule has 0 aromatic heterocycles. The van der Waals surface area contributed by atoms with Crippen molar-refractivity contribution in [1.82, 2.24) is 0 Å². The Kier molecular flexibility index (Phi) is 16.6. The zero-order valence-corrected chi connectivity index (χ0v) is 18.3. The number of allylic oxidation sites excluding steroid dienone is 8. The van der Waals surface area contributed by atoms with Gasteiger partial charge in [-0.2, -0.15) is 12.2 Å². The van der Waals surface area contributed by atoms with E-state index in [1.54, 1.807) is 0 Å². The van der Waals surface area contributed by atoms with E-state index >= 15 is 0 Å². The number of hydrogen-bond donors (Lipinski definition) is 0. The summed E-state index contributed by atoms with van der Waals surface area (Å²) in [5, 5.41) is 0. The Morgan fingerprint density at radius 2 is 1.05 bits per heavy atom. The summed E-state index contributed by atoms with van der Waals surface area (Å²) >= 11 is 2.08. The van der Waals surface area contributed by atoms with Crippen LogP contribution in [0.3, 0.4) is 0 Å². The van der Waals surface area contributed by atoms with Crippen LogP contribution in [0.25, 0.3) is 0 Å². The molecule has 0 saturated carbocycles. The van der Waals surface area contributed by atoms with E-state index in [1.807, 2.05) is 0 Å². The zero-order valence-electron chi connectivity index (χ0n) is 15.1. The molecule has 0 spiro atoms. The maximum Gasteiger partial charge on any atom is -0.147 e. The van der Waals surface area contributed by atoms with E-state index < -0.39 is 0 Å². The molecular formula is C19H30Cl2Ti. The molecule has 2 atom stereocenters. The van der Waals surface area contributed by atoms with Crippen LogP contribution in [0.1, 0.15) is 55.4 Å². The van der Waals surface area contributed by atoms with Gasteiger partial charge in [0, 0.05) is 0 Å². The quantitative estimate of drug-likeness (QED) is 0.346. The van der Waals surface area contributed by atoms with E-state index in [4.69, 9.17) is 0 Å².